The van der Waals surface area contributed by atoms with E-state index in [1.165, 1.54) is 5.56 Å². The Morgan fingerprint density at radius 1 is 1.50 bits per heavy atom. The van der Waals surface area contributed by atoms with E-state index in [1.54, 1.807) is 28.9 Å². The highest BCUT2D eigenvalue weighted by Crippen LogP contribution is 2.23. The zero-order valence-electron chi connectivity index (χ0n) is 12.2. The molecule has 0 bridgehead atoms. The Morgan fingerprint density at radius 2 is 2.45 bits per heavy atom. The SMILES string of the molecule is O=C(CN1CCOC(c2nccs2)C1)NCCc1ccsc1. The molecule has 2 aromatic rings. The van der Waals surface area contributed by atoms with E-state index in [0.29, 0.717) is 19.7 Å². The molecule has 3 heterocycles. The Bertz CT molecular complexity index is 572. The molecule has 1 aliphatic rings. The van der Waals surface area contributed by atoms with Crippen LogP contribution in [0, 0.1) is 0 Å². The van der Waals surface area contributed by atoms with Gasteiger partial charge in [-0.15, -0.1) is 11.3 Å². The average molecular weight is 337 g/mol. The van der Waals surface area contributed by atoms with E-state index >= 15 is 0 Å². The third-order valence-corrected chi connectivity index (χ3v) is 5.16. The molecule has 22 heavy (non-hydrogen) atoms. The van der Waals surface area contributed by atoms with Crippen molar-refractivity contribution in [1.82, 2.24) is 15.2 Å². The van der Waals surface area contributed by atoms with Crippen molar-refractivity contribution in [2.24, 2.45) is 0 Å². The van der Waals surface area contributed by atoms with Gasteiger partial charge in [-0.05, 0) is 28.8 Å². The minimum absolute atomic E-state index is 0.00708. The molecule has 1 amide bonds. The third kappa shape index (κ3) is 4.36. The Kier molecular flexibility index (Phi) is 5.55. The van der Waals surface area contributed by atoms with Crippen LogP contribution in [0.4, 0.5) is 0 Å². The van der Waals surface area contributed by atoms with E-state index in [0.717, 1.165) is 24.5 Å². The van der Waals surface area contributed by atoms with Crippen molar-refractivity contribution < 1.29 is 9.53 Å². The number of thiazole rings is 1. The Hall–Kier alpha value is -1.28. The number of aromatic nitrogens is 1. The van der Waals surface area contributed by atoms with Crippen LogP contribution in [0.5, 0.6) is 0 Å². The number of hydrogen-bond acceptors (Lipinski definition) is 6. The van der Waals surface area contributed by atoms with Crippen LogP contribution in [-0.2, 0) is 16.0 Å². The molecule has 5 nitrogen and oxygen atoms in total. The average Bonchev–Trinajstić information content (AvgIpc) is 3.21. The van der Waals surface area contributed by atoms with Gasteiger partial charge in [0.25, 0.3) is 0 Å². The second-order valence-electron chi connectivity index (χ2n) is 5.20. The van der Waals surface area contributed by atoms with Gasteiger partial charge in [0.05, 0.1) is 13.2 Å². The molecule has 0 spiro atoms. The maximum absolute atomic E-state index is 12.0. The molecule has 7 heteroatoms. The van der Waals surface area contributed by atoms with Crippen LogP contribution < -0.4 is 5.32 Å². The number of carbonyl (C=O) groups excluding carboxylic acids is 1. The minimum Gasteiger partial charge on any atom is -0.368 e. The molecule has 3 rings (SSSR count). The summed E-state index contributed by atoms with van der Waals surface area (Å²) < 4.78 is 5.74. The number of morpholine rings is 1. The fourth-order valence-electron chi connectivity index (χ4n) is 2.43. The van der Waals surface area contributed by atoms with Crippen molar-refractivity contribution in [3.63, 3.8) is 0 Å². The van der Waals surface area contributed by atoms with Crippen molar-refractivity contribution in [2.75, 3.05) is 32.8 Å². The second kappa shape index (κ2) is 7.82. The Balaban J connectivity index is 1.41. The quantitative estimate of drug-likeness (QED) is 0.875. The molecule has 2 aromatic heterocycles. The molecule has 0 saturated carbocycles. The number of nitrogens with one attached hydrogen (secondary N) is 1. The smallest absolute Gasteiger partial charge is 0.234 e. The summed E-state index contributed by atoms with van der Waals surface area (Å²) in [5, 5.41) is 10.1. The first-order valence-electron chi connectivity index (χ1n) is 7.32. The van der Waals surface area contributed by atoms with Crippen molar-refractivity contribution in [2.45, 2.75) is 12.5 Å². The van der Waals surface area contributed by atoms with Gasteiger partial charge in [-0.25, -0.2) is 4.98 Å². The van der Waals surface area contributed by atoms with Gasteiger partial charge in [-0.3, -0.25) is 9.69 Å². The van der Waals surface area contributed by atoms with Crippen LogP contribution in [0.1, 0.15) is 16.7 Å². The van der Waals surface area contributed by atoms with Gasteiger partial charge in [0.2, 0.25) is 5.91 Å². The molecule has 1 aliphatic heterocycles. The third-order valence-electron chi connectivity index (χ3n) is 3.56. The first-order chi connectivity index (χ1) is 10.8. The molecule has 1 fully saturated rings. The van der Waals surface area contributed by atoms with Gasteiger partial charge in [0.1, 0.15) is 11.1 Å². The highest BCUT2D eigenvalue weighted by molar-refractivity contribution is 7.09. The molecular formula is C15H19N3O2S2. The monoisotopic (exact) mass is 337 g/mol. The summed E-state index contributed by atoms with van der Waals surface area (Å²) in [6.45, 7) is 3.28. The molecule has 118 valence electrons. The number of ether oxygens (including phenoxy) is 1. The molecule has 0 aromatic carbocycles. The first-order valence-corrected chi connectivity index (χ1v) is 9.14. The Labute approximate surface area is 137 Å². The van der Waals surface area contributed by atoms with Gasteiger partial charge in [-0.2, -0.15) is 11.3 Å². The van der Waals surface area contributed by atoms with Gasteiger partial charge < -0.3 is 10.1 Å². The van der Waals surface area contributed by atoms with Crippen molar-refractivity contribution in [3.05, 3.63) is 39.0 Å². The topological polar surface area (TPSA) is 54.5 Å². The predicted molar refractivity (Wildman–Crippen MR) is 88.3 cm³/mol. The minimum atomic E-state index is -0.00708. The van der Waals surface area contributed by atoms with Crippen LogP contribution >= 0.6 is 22.7 Å². The standard InChI is InChI=1S/C15H19N3O2S2/c19-14(16-3-1-12-2-7-21-11-12)10-18-5-6-20-13(9-18)15-17-4-8-22-15/h2,4,7-8,11,13H,1,3,5-6,9-10H2,(H,16,19). The molecule has 0 aliphatic carbocycles. The van der Waals surface area contributed by atoms with E-state index in [4.69, 9.17) is 4.74 Å². The molecule has 1 atom stereocenters. The molecular weight excluding hydrogens is 318 g/mol. The Morgan fingerprint density at radius 3 is 3.23 bits per heavy atom. The van der Waals surface area contributed by atoms with E-state index in [-0.39, 0.29) is 12.0 Å². The van der Waals surface area contributed by atoms with Gasteiger partial charge in [0.15, 0.2) is 0 Å². The lowest BCUT2D eigenvalue weighted by Gasteiger charge is -2.31. The highest BCUT2D eigenvalue weighted by Gasteiger charge is 2.24. The normalized spacial score (nSPS) is 19.2. The van der Waals surface area contributed by atoms with Crippen molar-refractivity contribution in [1.29, 1.82) is 0 Å². The number of amides is 1. The first kappa shape index (κ1) is 15.6. The predicted octanol–water partition coefficient (Wildman–Crippen LogP) is 1.94. The molecule has 1 N–H and O–H groups in total. The van der Waals surface area contributed by atoms with Crippen LogP contribution in [0.15, 0.2) is 28.4 Å². The second-order valence-corrected chi connectivity index (χ2v) is 6.90. The summed E-state index contributed by atoms with van der Waals surface area (Å²) in [4.78, 5) is 18.5. The highest BCUT2D eigenvalue weighted by atomic mass is 32.1. The number of thiophene rings is 1. The summed E-state index contributed by atoms with van der Waals surface area (Å²) in [6, 6.07) is 2.09. The van der Waals surface area contributed by atoms with Gasteiger partial charge in [0, 0.05) is 31.2 Å². The number of nitrogens with zero attached hydrogens (tertiary/aromatic N) is 2. The van der Waals surface area contributed by atoms with E-state index < -0.39 is 0 Å². The van der Waals surface area contributed by atoms with Gasteiger partial charge >= 0.3 is 0 Å². The van der Waals surface area contributed by atoms with Crippen LogP contribution in [0.25, 0.3) is 0 Å². The molecule has 1 unspecified atom stereocenters. The van der Waals surface area contributed by atoms with Crippen molar-refractivity contribution in [3.8, 4) is 0 Å². The van der Waals surface area contributed by atoms with E-state index in [9.17, 15) is 4.79 Å². The van der Waals surface area contributed by atoms with Gasteiger partial charge in [-0.1, -0.05) is 0 Å². The lowest BCUT2D eigenvalue weighted by molar-refractivity contribution is -0.124. The lowest BCUT2D eigenvalue weighted by Crippen LogP contribution is -2.44. The summed E-state index contributed by atoms with van der Waals surface area (Å²) in [7, 11) is 0. The largest absolute Gasteiger partial charge is 0.368 e. The maximum atomic E-state index is 12.0. The van der Waals surface area contributed by atoms with E-state index in [1.807, 2.05) is 5.38 Å². The number of rotatable bonds is 6. The zero-order valence-corrected chi connectivity index (χ0v) is 13.9. The summed E-state index contributed by atoms with van der Waals surface area (Å²) in [5.74, 6) is 0.0787. The number of carbonyl (C=O) groups is 1. The lowest BCUT2D eigenvalue weighted by atomic mass is 10.2. The van der Waals surface area contributed by atoms with Crippen LogP contribution in [0.3, 0.4) is 0 Å². The summed E-state index contributed by atoms with van der Waals surface area (Å²) in [5.41, 5.74) is 1.28. The molecule has 1 saturated heterocycles. The van der Waals surface area contributed by atoms with Crippen molar-refractivity contribution >= 4 is 28.6 Å². The van der Waals surface area contributed by atoms with E-state index in [2.05, 4.69) is 32.0 Å². The zero-order chi connectivity index (χ0) is 15.2. The summed E-state index contributed by atoms with van der Waals surface area (Å²) in [6.07, 6.45) is 2.67. The number of hydrogen-bond donors (Lipinski definition) is 1. The van der Waals surface area contributed by atoms with Crippen LogP contribution in [-0.4, -0.2) is 48.6 Å². The maximum Gasteiger partial charge on any atom is 0.234 e. The fourth-order valence-corrected chi connectivity index (χ4v) is 3.81. The van der Waals surface area contributed by atoms with Crippen LogP contribution in [0.2, 0.25) is 0 Å². The summed E-state index contributed by atoms with van der Waals surface area (Å²) >= 11 is 3.29. The molecule has 0 radical (unpaired) electrons. The fraction of sp³-hybridized carbons (Fsp3) is 0.467.